The van der Waals surface area contributed by atoms with Gasteiger partial charge in [-0.25, -0.2) is 4.98 Å². The second kappa shape index (κ2) is 10.8. The average Bonchev–Trinajstić information content (AvgIpc) is 2.69. The number of pyridine rings is 1. The molecular formula is C23H27N3O. The number of amides is 1. The maximum atomic E-state index is 12.3. The maximum Gasteiger partial charge on any atom is 0.255 e. The number of nitrogen functional groups attached to an aromatic ring is 1. The molecule has 0 atom stereocenters. The molecule has 0 saturated carbocycles. The van der Waals surface area contributed by atoms with Gasteiger partial charge in [0, 0.05) is 12.7 Å². The van der Waals surface area contributed by atoms with Gasteiger partial charge in [-0.1, -0.05) is 60.2 Å². The normalized spacial score (nSPS) is 12.4. The van der Waals surface area contributed by atoms with E-state index in [0.29, 0.717) is 12.1 Å². The van der Waals surface area contributed by atoms with Crippen LogP contribution in [0.4, 0.5) is 5.82 Å². The van der Waals surface area contributed by atoms with E-state index in [-0.39, 0.29) is 11.7 Å². The highest BCUT2D eigenvalue weighted by molar-refractivity contribution is 5.98. The van der Waals surface area contributed by atoms with Crippen molar-refractivity contribution in [2.45, 2.75) is 26.7 Å². The molecule has 1 aromatic heterocycles. The zero-order chi connectivity index (χ0) is 19.5. The first-order valence-corrected chi connectivity index (χ1v) is 9.11. The summed E-state index contributed by atoms with van der Waals surface area (Å²) in [6, 6.07) is 13.8. The number of nitrogens with two attached hydrogens (primary N) is 1. The van der Waals surface area contributed by atoms with Crippen molar-refractivity contribution >= 4 is 11.7 Å². The molecule has 0 fully saturated rings. The number of nitrogens with zero attached hydrogens (tertiary/aromatic N) is 1. The predicted molar refractivity (Wildman–Crippen MR) is 112 cm³/mol. The molecule has 4 nitrogen and oxygen atoms in total. The third-order valence-electron chi connectivity index (χ3n) is 4.15. The number of hydrogen-bond acceptors (Lipinski definition) is 3. The molecule has 27 heavy (non-hydrogen) atoms. The van der Waals surface area contributed by atoms with Gasteiger partial charge in [-0.2, -0.15) is 0 Å². The first kappa shape index (κ1) is 20.2. The van der Waals surface area contributed by atoms with Crippen molar-refractivity contribution in [3.8, 4) is 0 Å². The Hall–Kier alpha value is -3.14. The second-order valence-electron chi connectivity index (χ2n) is 6.36. The number of carbonyl (C=O) groups is 1. The molecule has 0 spiro atoms. The molecule has 0 saturated heterocycles. The van der Waals surface area contributed by atoms with E-state index < -0.39 is 0 Å². The van der Waals surface area contributed by atoms with E-state index in [1.807, 2.05) is 31.2 Å². The van der Waals surface area contributed by atoms with Gasteiger partial charge >= 0.3 is 0 Å². The fraction of sp³-hybridized carbons (Fsp3) is 0.217. The monoisotopic (exact) mass is 361 g/mol. The minimum Gasteiger partial charge on any atom is -0.383 e. The van der Waals surface area contributed by atoms with Gasteiger partial charge in [-0.05, 0) is 50.0 Å². The van der Waals surface area contributed by atoms with Crippen molar-refractivity contribution in [3.05, 3.63) is 95.2 Å². The van der Waals surface area contributed by atoms with E-state index in [4.69, 9.17) is 5.73 Å². The molecule has 0 aliphatic carbocycles. The first-order valence-electron chi connectivity index (χ1n) is 9.11. The SMILES string of the molecule is C\C=C/C(=C\C=C(/C)CCc1ccccc1)CNC(=O)c1cccnc1N. The second-order valence-corrected chi connectivity index (χ2v) is 6.36. The summed E-state index contributed by atoms with van der Waals surface area (Å²) in [5, 5.41) is 2.90. The summed E-state index contributed by atoms with van der Waals surface area (Å²) in [7, 11) is 0. The van der Waals surface area contributed by atoms with E-state index in [1.54, 1.807) is 18.3 Å². The molecule has 2 rings (SSSR count). The van der Waals surface area contributed by atoms with Crippen molar-refractivity contribution in [1.29, 1.82) is 0 Å². The minimum absolute atomic E-state index is 0.221. The van der Waals surface area contributed by atoms with Crippen LogP contribution in [0.3, 0.4) is 0 Å². The summed E-state index contributed by atoms with van der Waals surface area (Å²) >= 11 is 0. The predicted octanol–water partition coefficient (Wildman–Crippen LogP) is 4.48. The van der Waals surface area contributed by atoms with Gasteiger partial charge in [0.15, 0.2) is 0 Å². The lowest BCUT2D eigenvalue weighted by atomic mass is 10.0. The zero-order valence-electron chi connectivity index (χ0n) is 16.0. The number of aromatic nitrogens is 1. The van der Waals surface area contributed by atoms with Crippen molar-refractivity contribution < 1.29 is 4.79 Å². The summed E-state index contributed by atoms with van der Waals surface area (Å²) in [4.78, 5) is 16.2. The van der Waals surface area contributed by atoms with Crippen LogP contribution in [0, 0.1) is 0 Å². The number of carbonyl (C=O) groups excluding carboxylic acids is 1. The smallest absolute Gasteiger partial charge is 0.255 e. The molecule has 1 aromatic carbocycles. The fourth-order valence-corrected chi connectivity index (χ4v) is 2.59. The Morgan fingerprint density at radius 2 is 1.93 bits per heavy atom. The summed E-state index contributed by atoms with van der Waals surface area (Å²) in [6.07, 6.45) is 11.7. The molecule has 1 heterocycles. The summed E-state index contributed by atoms with van der Waals surface area (Å²) in [6.45, 7) is 4.52. The third kappa shape index (κ3) is 6.94. The van der Waals surface area contributed by atoms with E-state index in [0.717, 1.165) is 18.4 Å². The van der Waals surface area contributed by atoms with Crippen LogP contribution in [0.5, 0.6) is 0 Å². The fourth-order valence-electron chi connectivity index (χ4n) is 2.59. The van der Waals surface area contributed by atoms with Crippen LogP contribution in [0.15, 0.2) is 84.1 Å². The Morgan fingerprint density at radius 3 is 2.63 bits per heavy atom. The van der Waals surface area contributed by atoms with Crippen LogP contribution < -0.4 is 11.1 Å². The maximum absolute atomic E-state index is 12.3. The number of allylic oxidation sites excluding steroid dienone is 4. The van der Waals surface area contributed by atoms with E-state index in [9.17, 15) is 4.79 Å². The van der Waals surface area contributed by atoms with Crippen molar-refractivity contribution in [1.82, 2.24) is 10.3 Å². The lowest BCUT2D eigenvalue weighted by Crippen LogP contribution is -2.26. The van der Waals surface area contributed by atoms with Gasteiger partial charge < -0.3 is 11.1 Å². The molecule has 0 bridgehead atoms. The van der Waals surface area contributed by atoms with Gasteiger partial charge in [-0.3, -0.25) is 4.79 Å². The number of benzene rings is 1. The molecule has 140 valence electrons. The number of aryl methyl sites for hydroxylation is 1. The quantitative estimate of drug-likeness (QED) is 0.681. The van der Waals surface area contributed by atoms with Gasteiger partial charge in [0.2, 0.25) is 0 Å². The molecule has 3 N–H and O–H groups in total. The molecule has 0 aliphatic rings. The highest BCUT2D eigenvalue weighted by Crippen LogP contribution is 2.10. The lowest BCUT2D eigenvalue weighted by Gasteiger charge is -2.07. The Labute approximate surface area is 161 Å². The Morgan fingerprint density at radius 1 is 1.15 bits per heavy atom. The molecule has 0 unspecified atom stereocenters. The van der Waals surface area contributed by atoms with Gasteiger partial charge in [-0.15, -0.1) is 0 Å². The van der Waals surface area contributed by atoms with Crippen LogP contribution >= 0.6 is 0 Å². The van der Waals surface area contributed by atoms with E-state index in [2.05, 4.69) is 47.6 Å². The molecule has 1 amide bonds. The highest BCUT2D eigenvalue weighted by Gasteiger charge is 2.09. The number of anilines is 1. The van der Waals surface area contributed by atoms with Crippen molar-refractivity contribution in [3.63, 3.8) is 0 Å². The van der Waals surface area contributed by atoms with Crippen molar-refractivity contribution in [2.75, 3.05) is 12.3 Å². The van der Waals surface area contributed by atoms with Gasteiger partial charge in [0.1, 0.15) is 5.82 Å². The largest absolute Gasteiger partial charge is 0.383 e. The molecular weight excluding hydrogens is 334 g/mol. The van der Waals surface area contributed by atoms with E-state index >= 15 is 0 Å². The Kier molecular flexibility index (Phi) is 8.04. The lowest BCUT2D eigenvalue weighted by molar-refractivity contribution is 0.0958. The number of nitrogens with one attached hydrogen (secondary N) is 1. The van der Waals surface area contributed by atoms with Crippen molar-refractivity contribution in [2.24, 2.45) is 0 Å². The number of rotatable bonds is 8. The van der Waals surface area contributed by atoms with Crippen LogP contribution in [0.2, 0.25) is 0 Å². The molecule has 2 aromatic rings. The summed E-state index contributed by atoms with van der Waals surface area (Å²) < 4.78 is 0. The number of hydrogen-bond donors (Lipinski definition) is 2. The summed E-state index contributed by atoms with van der Waals surface area (Å²) in [5.74, 6) is 0.0176. The van der Waals surface area contributed by atoms with Gasteiger partial charge in [0.25, 0.3) is 5.91 Å². The topological polar surface area (TPSA) is 68.0 Å². The van der Waals surface area contributed by atoms with Crippen LogP contribution in [0.25, 0.3) is 0 Å². The van der Waals surface area contributed by atoms with Crippen LogP contribution in [-0.2, 0) is 6.42 Å². The molecule has 0 radical (unpaired) electrons. The zero-order valence-corrected chi connectivity index (χ0v) is 16.0. The Bertz CT molecular complexity index is 836. The average molecular weight is 361 g/mol. The molecule has 4 heteroatoms. The Balaban J connectivity index is 1.95. The minimum atomic E-state index is -0.221. The van der Waals surface area contributed by atoms with Crippen LogP contribution in [-0.4, -0.2) is 17.4 Å². The first-order chi connectivity index (χ1) is 13.1. The van der Waals surface area contributed by atoms with E-state index in [1.165, 1.54) is 11.1 Å². The third-order valence-corrected chi connectivity index (χ3v) is 4.15. The van der Waals surface area contributed by atoms with Crippen LogP contribution in [0.1, 0.15) is 36.2 Å². The molecule has 0 aliphatic heterocycles. The summed E-state index contributed by atoms with van der Waals surface area (Å²) in [5.41, 5.74) is 9.80. The van der Waals surface area contributed by atoms with Gasteiger partial charge in [0.05, 0.1) is 5.56 Å². The highest BCUT2D eigenvalue weighted by atomic mass is 16.1. The standard InChI is InChI=1S/C23H27N3O/c1-3-8-20(17-26-23(27)21-11-7-16-25-22(21)24)15-13-18(2)12-14-19-9-5-4-6-10-19/h3-11,13,15-16H,12,14,17H2,1-2H3,(H2,24,25)(H,26,27)/b8-3-,18-13+,20-15+.